The lowest BCUT2D eigenvalue weighted by molar-refractivity contribution is 0.500. The van der Waals surface area contributed by atoms with Gasteiger partial charge in [0, 0.05) is 5.33 Å². The van der Waals surface area contributed by atoms with E-state index < -0.39 is 0 Å². The van der Waals surface area contributed by atoms with Gasteiger partial charge >= 0.3 is 0 Å². The number of alkyl halides is 1. The zero-order valence-electron chi connectivity index (χ0n) is 7.70. The van der Waals surface area contributed by atoms with Crippen molar-refractivity contribution in [2.75, 3.05) is 5.33 Å². The van der Waals surface area contributed by atoms with Gasteiger partial charge in [-0.25, -0.2) is 0 Å². The van der Waals surface area contributed by atoms with Crippen LogP contribution in [0.4, 0.5) is 0 Å². The zero-order valence-corrected chi connectivity index (χ0v) is 9.28. The molecule has 0 bridgehead atoms. The Kier molecular flexibility index (Phi) is 7.04. The first kappa shape index (κ1) is 11.2. The van der Waals surface area contributed by atoms with Crippen LogP contribution < -0.4 is 0 Å². The summed E-state index contributed by atoms with van der Waals surface area (Å²) in [5.74, 6) is 0.869. The second kappa shape index (κ2) is 6.90. The lowest BCUT2D eigenvalue weighted by atomic mass is 10.0. The lowest BCUT2D eigenvalue weighted by Crippen LogP contribution is -1.95. The van der Waals surface area contributed by atoms with Gasteiger partial charge in [0.05, 0.1) is 0 Å². The van der Waals surface area contributed by atoms with Gasteiger partial charge in [0.25, 0.3) is 0 Å². The van der Waals surface area contributed by atoms with Crippen molar-refractivity contribution in [3.8, 4) is 0 Å². The second-order valence-corrected chi connectivity index (χ2v) is 4.23. The maximum absolute atomic E-state index is 3.89. The van der Waals surface area contributed by atoms with Crippen LogP contribution in [0.15, 0.2) is 12.2 Å². The monoisotopic (exact) mass is 218 g/mol. The number of hydrogen-bond donors (Lipinski definition) is 0. The highest BCUT2D eigenvalue weighted by Crippen LogP contribution is 2.14. The Morgan fingerprint density at radius 1 is 1.45 bits per heavy atom. The molecule has 0 fully saturated rings. The van der Waals surface area contributed by atoms with E-state index in [1.165, 1.54) is 31.3 Å². The summed E-state index contributed by atoms with van der Waals surface area (Å²) in [5.41, 5.74) is 1.32. The van der Waals surface area contributed by atoms with Crippen molar-refractivity contribution < 1.29 is 0 Å². The molecule has 0 radical (unpaired) electrons. The molecule has 0 aromatic rings. The summed E-state index contributed by atoms with van der Waals surface area (Å²) in [5, 5.41) is 1.14. The molecule has 0 N–H and O–H groups in total. The molecule has 0 rings (SSSR count). The predicted octanol–water partition coefficient (Wildman–Crippen LogP) is 4.15. The molecule has 0 amide bonds. The van der Waals surface area contributed by atoms with E-state index in [1.54, 1.807) is 0 Å². The number of hydrogen-bond acceptors (Lipinski definition) is 0. The Balaban J connectivity index is 3.16. The fourth-order valence-corrected chi connectivity index (χ4v) is 1.86. The Hall–Kier alpha value is 0.220. The molecule has 0 aliphatic heterocycles. The molecule has 0 aromatic heterocycles. The molecule has 0 nitrogen and oxygen atoms in total. The molecular formula is C10H19Br. The topological polar surface area (TPSA) is 0 Å². The van der Waals surface area contributed by atoms with E-state index in [0.29, 0.717) is 0 Å². The van der Waals surface area contributed by atoms with Crippen LogP contribution in [-0.4, -0.2) is 5.33 Å². The third-order valence-corrected chi connectivity index (χ3v) is 2.36. The molecule has 66 valence electrons. The molecule has 1 atom stereocenters. The van der Waals surface area contributed by atoms with E-state index in [2.05, 4.69) is 36.4 Å². The number of allylic oxidation sites excluding steroid dienone is 1. The van der Waals surface area contributed by atoms with Crippen LogP contribution in [0.2, 0.25) is 0 Å². The van der Waals surface area contributed by atoms with Crippen LogP contribution in [0, 0.1) is 5.92 Å². The first-order valence-corrected chi connectivity index (χ1v) is 5.49. The molecule has 1 heteroatoms. The van der Waals surface area contributed by atoms with Gasteiger partial charge in [-0.1, -0.05) is 34.8 Å². The lowest BCUT2D eigenvalue weighted by Gasteiger charge is -2.08. The van der Waals surface area contributed by atoms with Gasteiger partial charge in [0.1, 0.15) is 0 Å². The highest BCUT2D eigenvalue weighted by molar-refractivity contribution is 9.09. The van der Waals surface area contributed by atoms with Crippen molar-refractivity contribution in [1.82, 2.24) is 0 Å². The fourth-order valence-electron chi connectivity index (χ4n) is 1.08. The normalized spacial score (nSPS) is 13.0. The molecule has 0 spiro atoms. The van der Waals surface area contributed by atoms with E-state index in [0.717, 1.165) is 11.2 Å². The van der Waals surface area contributed by atoms with Crippen molar-refractivity contribution >= 4 is 15.9 Å². The maximum atomic E-state index is 3.89. The highest BCUT2D eigenvalue weighted by atomic mass is 79.9. The molecule has 0 aliphatic rings. The van der Waals surface area contributed by atoms with Crippen LogP contribution in [0.3, 0.4) is 0 Å². The summed E-state index contributed by atoms with van der Waals surface area (Å²) in [6, 6.07) is 0. The third-order valence-electron chi connectivity index (χ3n) is 1.90. The molecule has 0 heterocycles. The summed E-state index contributed by atoms with van der Waals surface area (Å²) in [7, 11) is 0. The summed E-state index contributed by atoms with van der Waals surface area (Å²) in [6.45, 7) is 8.31. The Morgan fingerprint density at radius 3 is 2.55 bits per heavy atom. The average Bonchev–Trinajstić information content (AvgIpc) is 1.87. The van der Waals surface area contributed by atoms with Gasteiger partial charge in [-0.05, 0) is 32.1 Å². The molecule has 1 unspecified atom stereocenters. The van der Waals surface area contributed by atoms with Crippen molar-refractivity contribution in [1.29, 1.82) is 0 Å². The minimum atomic E-state index is 0.869. The smallest absolute Gasteiger partial charge is 0.00338 e. The van der Waals surface area contributed by atoms with E-state index in [9.17, 15) is 0 Å². The Bertz CT molecular complexity index is 107. The molecule has 11 heavy (non-hydrogen) atoms. The molecule has 0 aliphatic carbocycles. The van der Waals surface area contributed by atoms with E-state index in [1.807, 2.05) is 0 Å². The summed E-state index contributed by atoms with van der Waals surface area (Å²) in [6.07, 6.45) is 5.16. The first-order chi connectivity index (χ1) is 5.16. The zero-order chi connectivity index (χ0) is 8.69. The molecular weight excluding hydrogens is 200 g/mol. The van der Waals surface area contributed by atoms with E-state index >= 15 is 0 Å². The largest absolute Gasteiger partial charge is 0.100 e. The average molecular weight is 219 g/mol. The number of rotatable bonds is 6. The van der Waals surface area contributed by atoms with E-state index in [4.69, 9.17) is 0 Å². The fraction of sp³-hybridized carbons (Fsp3) is 0.800. The number of halogens is 1. The maximum Gasteiger partial charge on any atom is 0.00338 e. The Labute approximate surface area is 79.2 Å². The van der Waals surface area contributed by atoms with Crippen LogP contribution in [0.1, 0.15) is 39.5 Å². The molecule has 0 saturated carbocycles. The first-order valence-electron chi connectivity index (χ1n) is 4.37. The van der Waals surface area contributed by atoms with Gasteiger partial charge < -0.3 is 0 Å². The van der Waals surface area contributed by atoms with Crippen LogP contribution in [0.25, 0.3) is 0 Å². The van der Waals surface area contributed by atoms with Crippen molar-refractivity contribution in [3.05, 3.63) is 12.2 Å². The van der Waals surface area contributed by atoms with Crippen molar-refractivity contribution in [2.45, 2.75) is 39.5 Å². The van der Waals surface area contributed by atoms with Crippen molar-refractivity contribution in [2.24, 2.45) is 5.92 Å². The highest BCUT2D eigenvalue weighted by Gasteiger charge is 1.99. The molecule has 0 saturated heterocycles. The van der Waals surface area contributed by atoms with Gasteiger partial charge in [-0.2, -0.15) is 0 Å². The summed E-state index contributed by atoms with van der Waals surface area (Å²) >= 11 is 3.45. The SMILES string of the molecule is C=C(C)CCCC(C)CCBr. The standard InChI is InChI=1S/C10H19Br/c1-9(2)5-4-6-10(3)7-8-11/h10H,1,4-8H2,2-3H3. The van der Waals surface area contributed by atoms with Gasteiger partial charge in [0.15, 0.2) is 0 Å². The quantitative estimate of drug-likeness (QED) is 0.465. The summed E-state index contributed by atoms with van der Waals surface area (Å²) in [4.78, 5) is 0. The van der Waals surface area contributed by atoms with Gasteiger partial charge in [-0.3, -0.25) is 0 Å². The van der Waals surface area contributed by atoms with E-state index in [-0.39, 0.29) is 0 Å². The van der Waals surface area contributed by atoms with Crippen molar-refractivity contribution in [3.63, 3.8) is 0 Å². The minimum absolute atomic E-state index is 0.869. The third kappa shape index (κ3) is 8.12. The van der Waals surface area contributed by atoms with Crippen LogP contribution in [-0.2, 0) is 0 Å². The van der Waals surface area contributed by atoms with Crippen LogP contribution >= 0.6 is 15.9 Å². The van der Waals surface area contributed by atoms with Gasteiger partial charge in [0.2, 0.25) is 0 Å². The minimum Gasteiger partial charge on any atom is -0.100 e. The summed E-state index contributed by atoms with van der Waals surface area (Å²) < 4.78 is 0. The predicted molar refractivity (Wildman–Crippen MR) is 56.2 cm³/mol. The Morgan fingerprint density at radius 2 is 2.09 bits per heavy atom. The molecule has 0 aromatic carbocycles. The van der Waals surface area contributed by atoms with Crippen LogP contribution in [0.5, 0.6) is 0 Å². The van der Waals surface area contributed by atoms with Gasteiger partial charge in [-0.15, -0.1) is 6.58 Å². The second-order valence-electron chi connectivity index (χ2n) is 3.43.